The number of para-hydroxylation sites is 3. The normalized spacial score (nSPS) is 15.8. The fourth-order valence-corrected chi connectivity index (χ4v) is 4.23. The van der Waals surface area contributed by atoms with Crippen molar-refractivity contribution in [3.8, 4) is 11.5 Å². The fraction of sp³-hybridized carbons (Fsp3) is 0.300. The number of benzene rings is 2. The zero-order chi connectivity index (χ0) is 19.7. The van der Waals surface area contributed by atoms with Crippen molar-refractivity contribution in [2.24, 2.45) is 0 Å². The van der Waals surface area contributed by atoms with Crippen molar-refractivity contribution in [3.05, 3.63) is 47.5 Å². The Labute approximate surface area is 172 Å². The van der Waals surface area contributed by atoms with Crippen molar-refractivity contribution in [2.45, 2.75) is 6.10 Å². The summed E-state index contributed by atoms with van der Waals surface area (Å²) in [6, 6.07) is 13.0. The Bertz CT molecular complexity index is 1010. The maximum absolute atomic E-state index is 13.3. The van der Waals surface area contributed by atoms with Gasteiger partial charge in [-0.05, 0) is 38.4 Å². The molecular weight excluding hydrogens is 398 g/mol. The van der Waals surface area contributed by atoms with E-state index in [0.29, 0.717) is 40.3 Å². The number of nitrogens with zero attached hydrogens (tertiary/aromatic N) is 3. The highest BCUT2D eigenvalue weighted by molar-refractivity contribution is 7.22. The maximum atomic E-state index is 13.3. The smallest absolute Gasteiger partial charge is 0.273 e. The molecule has 1 aromatic heterocycles. The average molecular weight is 418 g/mol. The van der Waals surface area contributed by atoms with E-state index in [4.69, 9.17) is 21.1 Å². The van der Waals surface area contributed by atoms with Gasteiger partial charge in [-0.2, -0.15) is 0 Å². The van der Waals surface area contributed by atoms with Crippen LogP contribution in [0.4, 0.5) is 5.13 Å². The first-order chi connectivity index (χ1) is 13.5. The molecule has 0 aliphatic carbocycles. The fourth-order valence-electron chi connectivity index (χ4n) is 2.93. The zero-order valence-electron chi connectivity index (χ0n) is 15.6. The molecule has 0 spiro atoms. The van der Waals surface area contributed by atoms with Crippen molar-refractivity contribution in [2.75, 3.05) is 38.7 Å². The molecule has 0 radical (unpaired) electrons. The predicted molar refractivity (Wildman–Crippen MR) is 112 cm³/mol. The van der Waals surface area contributed by atoms with E-state index in [9.17, 15) is 4.79 Å². The van der Waals surface area contributed by atoms with Crippen LogP contribution in [0.5, 0.6) is 11.5 Å². The number of amides is 1. The van der Waals surface area contributed by atoms with Crippen LogP contribution in [-0.2, 0) is 4.79 Å². The first-order valence-corrected chi connectivity index (χ1v) is 10.1. The van der Waals surface area contributed by atoms with Crippen LogP contribution in [0, 0.1) is 0 Å². The molecule has 146 valence electrons. The maximum Gasteiger partial charge on any atom is 0.273 e. The third kappa shape index (κ3) is 3.78. The summed E-state index contributed by atoms with van der Waals surface area (Å²) in [7, 11) is 3.93. The molecule has 0 saturated heterocycles. The monoisotopic (exact) mass is 417 g/mol. The number of hydrogen-bond acceptors (Lipinski definition) is 6. The molecule has 0 fully saturated rings. The van der Waals surface area contributed by atoms with E-state index in [0.717, 1.165) is 4.70 Å². The van der Waals surface area contributed by atoms with Crippen LogP contribution in [-0.4, -0.2) is 55.7 Å². The van der Waals surface area contributed by atoms with E-state index >= 15 is 0 Å². The van der Waals surface area contributed by atoms with Crippen molar-refractivity contribution >= 4 is 44.2 Å². The number of hydrogen-bond donors (Lipinski definition) is 0. The van der Waals surface area contributed by atoms with E-state index in [1.165, 1.54) is 11.3 Å². The minimum atomic E-state index is -0.723. The van der Waals surface area contributed by atoms with Gasteiger partial charge in [0.2, 0.25) is 6.10 Å². The van der Waals surface area contributed by atoms with Gasteiger partial charge < -0.3 is 14.4 Å². The Morgan fingerprint density at radius 1 is 1.18 bits per heavy atom. The summed E-state index contributed by atoms with van der Waals surface area (Å²) in [6.07, 6.45) is -0.723. The highest BCUT2D eigenvalue weighted by Crippen LogP contribution is 2.35. The van der Waals surface area contributed by atoms with Crippen LogP contribution in [0.25, 0.3) is 10.2 Å². The SMILES string of the molecule is CN(C)CCN(C(=O)[C@@H]1COc2ccccc2O1)c1nc2c(Cl)cccc2s1. The predicted octanol–water partition coefficient (Wildman–Crippen LogP) is 3.68. The minimum absolute atomic E-state index is 0.167. The van der Waals surface area contributed by atoms with E-state index in [-0.39, 0.29) is 12.5 Å². The lowest BCUT2D eigenvalue weighted by Gasteiger charge is -2.30. The summed E-state index contributed by atoms with van der Waals surface area (Å²) in [5, 5.41) is 1.18. The van der Waals surface area contributed by atoms with Gasteiger partial charge in [0, 0.05) is 13.1 Å². The number of rotatable bonds is 5. The lowest BCUT2D eigenvalue weighted by molar-refractivity contribution is -0.127. The molecule has 8 heteroatoms. The zero-order valence-corrected chi connectivity index (χ0v) is 17.2. The molecule has 4 rings (SSSR count). The van der Waals surface area contributed by atoms with Crippen LogP contribution in [0.3, 0.4) is 0 Å². The molecule has 2 aromatic carbocycles. The molecule has 0 saturated carbocycles. The average Bonchev–Trinajstić information content (AvgIpc) is 3.12. The van der Waals surface area contributed by atoms with Gasteiger partial charge in [-0.3, -0.25) is 9.69 Å². The first kappa shape index (κ1) is 19.0. The van der Waals surface area contributed by atoms with Crippen molar-refractivity contribution in [1.29, 1.82) is 0 Å². The lowest BCUT2D eigenvalue weighted by atomic mass is 10.2. The van der Waals surface area contributed by atoms with Crippen molar-refractivity contribution in [3.63, 3.8) is 0 Å². The van der Waals surface area contributed by atoms with E-state index < -0.39 is 6.10 Å². The van der Waals surface area contributed by atoms with Crippen molar-refractivity contribution in [1.82, 2.24) is 9.88 Å². The van der Waals surface area contributed by atoms with Crippen LogP contribution < -0.4 is 14.4 Å². The Morgan fingerprint density at radius 2 is 1.96 bits per heavy atom. The van der Waals surface area contributed by atoms with Crippen molar-refractivity contribution < 1.29 is 14.3 Å². The number of anilines is 1. The second-order valence-electron chi connectivity index (χ2n) is 6.74. The van der Waals surface area contributed by atoms with Gasteiger partial charge in [0.25, 0.3) is 5.91 Å². The van der Waals surface area contributed by atoms with Crippen LogP contribution in [0.2, 0.25) is 5.02 Å². The van der Waals surface area contributed by atoms with Gasteiger partial charge in [-0.15, -0.1) is 0 Å². The quantitative estimate of drug-likeness (QED) is 0.633. The second-order valence-corrected chi connectivity index (χ2v) is 8.16. The van der Waals surface area contributed by atoms with Gasteiger partial charge in [0.1, 0.15) is 12.1 Å². The molecule has 0 unspecified atom stereocenters. The molecule has 1 aliphatic rings. The Hall–Kier alpha value is -2.35. The largest absolute Gasteiger partial charge is 0.485 e. The topological polar surface area (TPSA) is 54.9 Å². The third-order valence-electron chi connectivity index (χ3n) is 4.41. The van der Waals surface area contributed by atoms with Crippen LogP contribution in [0.15, 0.2) is 42.5 Å². The Kier molecular flexibility index (Phi) is 5.39. The van der Waals surface area contributed by atoms with E-state index in [2.05, 4.69) is 4.98 Å². The molecule has 1 atom stereocenters. The Morgan fingerprint density at radius 3 is 2.71 bits per heavy atom. The van der Waals surface area contributed by atoms with Gasteiger partial charge in [0.05, 0.1) is 9.72 Å². The highest BCUT2D eigenvalue weighted by Gasteiger charge is 2.33. The Balaban J connectivity index is 1.63. The highest BCUT2D eigenvalue weighted by atomic mass is 35.5. The van der Waals surface area contributed by atoms with E-state index in [1.807, 2.05) is 49.3 Å². The van der Waals surface area contributed by atoms with E-state index in [1.54, 1.807) is 17.0 Å². The molecule has 1 amide bonds. The molecule has 1 aliphatic heterocycles. The number of likely N-dealkylation sites (N-methyl/N-ethyl adjacent to an activating group) is 1. The molecule has 0 N–H and O–H groups in total. The van der Waals surface area contributed by atoms with Gasteiger partial charge in [0.15, 0.2) is 16.6 Å². The standard InChI is InChI=1S/C20H20ClN3O3S/c1-23(2)10-11-24(20-22-18-13(21)6-5-9-17(18)28-20)19(25)16-12-26-14-7-3-4-8-15(14)27-16/h3-9,16H,10-12H2,1-2H3/t16-/m0/s1. The summed E-state index contributed by atoms with van der Waals surface area (Å²) in [5.41, 5.74) is 0.706. The van der Waals surface area contributed by atoms with Gasteiger partial charge in [-0.1, -0.05) is 41.1 Å². The first-order valence-electron chi connectivity index (χ1n) is 8.92. The molecule has 2 heterocycles. The minimum Gasteiger partial charge on any atom is -0.485 e. The summed E-state index contributed by atoms with van der Waals surface area (Å²) in [6.45, 7) is 1.35. The number of carbonyl (C=O) groups is 1. The summed E-state index contributed by atoms with van der Waals surface area (Å²) in [5.74, 6) is 1.05. The molecule has 6 nitrogen and oxygen atoms in total. The van der Waals surface area contributed by atoms with Crippen LogP contribution >= 0.6 is 22.9 Å². The van der Waals surface area contributed by atoms with Gasteiger partial charge in [-0.25, -0.2) is 4.98 Å². The number of fused-ring (bicyclic) bond motifs is 2. The summed E-state index contributed by atoms with van der Waals surface area (Å²) >= 11 is 7.72. The molecular formula is C20H20ClN3O3S. The summed E-state index contributed by atoms with van der Waals surface area (Å²) in [4.78, 5) is 21.6. The number of carbonyl (C=O) groups excluding carboxylic acids is 1. The summed E-state index contributed by atoms with van der Waals surface area (Å²) < 4.78 is 12.6. The molecule has 0 bridgehead atoms. The number of ether oxygens (including phenoxy) is 2. The second kappa shape index (κ2) is 7.95. The van der Waals surface area contributed by atoms with Crippen LogP contribution in [0.1, 0.15) is 0 Å². The third-order valence-corrected chi connectivity index (χ3v) is 5.76. The number of thiazole rings is 1. The number of halogens is 1. The lowest BCUT2D eigenvalue weighted by Crippen LogP contribution is -2.48. The number of aromatic nitrogens is 1. The molecule has 3 aromatic rings. The van der Waals surface area contributed by atoms with Gasteiger partial charge >= 0.3 is 0 Å². The molecule has 28 heavy (non-hydrogen) atoms.